The molecule has 1 saturated heterocycles. The summed E-state index contributed by atoms with van der Waals surface area (Å²) in [7, 11) is 0. The Kier molecular flexibility index (Phi) is 3.78. The van der Waals surface area contributed by atoms with Crippen molar-refractivity contribution in [1.29, 1.82) is 0 Å². The second-order valence-electron chi connectivity index (χ2n) is 7.33. The van der Waals surface area contributed by atoms with E-state index >= 15 is 0 Å². The number of carbonyl (C=O) groups is 1. The summed E-state index contributed by atoms with van der Waals surface area (Å²) in [5.74, 6) is 1.09. The van der Waals surface area contributed by atoms with E-state index in [1.165, 1.54) is 25.9 Å². The highest BCUT2D eigenvalue weighted by Gasteiger charge is 2.24. The standard InChI is InChI=1S/C20H23N5O/c26-20(16-3-4-18-15(11-16)5-6-21-18)25-10-9-24-13-17(22-19(24)14-25)12-23-7-1-2-8-23/h3-6,11,13,21H,1-2,7-10,12,14H2. The number of rotatable bonds is 3. The number of nitrogens with one attached hydrogen (secondary N) is 1. The van der Waals surface area contributed by atoms with Gasteiger partial charge in [-0.25, -0.2) is 4.98 Å². The Morgan fingerprint density at radius 2 is 2.00 bits per heavy atom. The van der Waals surface area contributed by atoms with Crippen molar-refractivity contribution in [2.45, 2.75) is 32.5 Å². The molecule has 6 heteroatoms. The molecule has 0 radical (unpaired) electrons. The summed E-state index contributed by atoms with van der Waals surface area (Å²) in [5.41, 5.74) is 2.93. The molecule has 2 aromatic heterocycles. The summed E-state index contributed by atoms with van der Waals surface area (Å²) in [5, 5.41) is 1.07. The van der Waals surface area contributed by atoms with Crippen molar-refractivity contribution in [2.24, 2.45) is 0 Å². The summed E-state index contributed by atoms with van der Waals surface area (Å²) >= 11 is 0. The van der Waals surface area contributed by atoms with E-state index in [1.807, 2.05) is 35.4 Å². The van der Waals surface area contributed by atoms with Crippen LogP contribution in [-0.4, -0.2) is 49.9 Å². The Morgan fingerprint density at radius 1 is 1.12 bits per heavy atom. The molecule has 0 unspecified atom stereocenters. The monoisotopic (exact) mass is 349 g/mol. The van der Waals surface area contributed by atoms with Crippen molar-refractivity contribution in [2.75, 3.05) is 19.6 Å². The number of aromatic amines is 1. The molecular weight excluding hydrogens is 326 g/mol. The van der Waals surface area contributed by atoms with Gasteiger partial charge in [0.1, 0.15) is 5.82 Å². The lowest BCUT2D eigenvalue weighted by atomic mass is 10.1. The van der Waals surface area contributed by atoms with Crippen molar-refractivity contribution in [1.82, 2.24) is 24.3 Å². The van der Waals surface area contributed by atoms with Gasteiger partial charge >= 0.3 is 0 Å². The van der Waals surface area contributed by atoms with Crippen molar-refractivity contribution >= 4 is 16.8 Å². The van der Waals surface area contributed by atoms with Gasteiger partial charge < -0.3 is 14.5 Å². The molecule has 26 heavy (non-hydrogen) atoms. The quantitative estimate of drug-likeness (QED) is 0.791. The normalized spacial score (nSPS) is 17.8. The fraction of sp³-hybridized carbons (Fsp3) is 0.400. The van der Waals surface area contributed by atoms with Crippen LogP contribution in [0.4, 0.5) is 0 Å². The number of nitrogens with zero attached hydrogens (tertiary/aromatic N) is 4. The van der Waals surface area contributed by atoms with E-state index < -0.39 is 0 Å². The third-order valence-electron chi connectivity index (χ3n) is 5.52. The second kappa shape index (κ2) is 6.29. The van der Waals surface area contributed by atoms with E-state index in [9.17, 15) is 4.79 Å². The van der Waals surface area contributed by atoms with Crippen molar-refractivity contribution in [3.63, 3.8) is 0 Å². The van der Waals surface area contributed by atoms with E-state index in [-0.39, 0.29) is 5.91 Å². The average Bonchev–Trinajstić information content (AvgIpc) is 3.40. The minimum atomic E-state index is 0.0865. The first-order chi connectivity index (χ1) is 12.8. The average molecular weight is 349 g/mol. The van der Waals surface area contributed by atoms with Crippen LogP contribution in [0.5, 0.6) is 0 Å². The highest BCUT2D eigenvalue weighted by molar-refractivity contribution is 5.98. The predicted octanol–water partition coefficient (Wildman–Crippen LogP) is 2.62. The maximum atomic E-state index is 12.9. The van der Waals surface area contributed by atoms with E-state index in [2.05, 4.69) is 20.6 Å². The van der Waals surface area contributed by atoms with Gasteiger partial charge in [0.15, 0.2) is 0 Å². The van der Waals surface area contributed by atoms with Crippen LogP contribution >= 0.6 is 0 Å². The largest absolute Gasteiger partial charge is 0.361 e. The number of hydrogen-bond acceptors (Lipinski definition) is 3. The summed E-state index contributed by atoms with van der Waals surface area (Å²) in [4.78, 5) is 25.3. The number of fused-ring (bicyclic) bond motifs is 2. The topological polar surface area (TPSA) is 57.2 Å². The molecule has 0 saturated carbocycles. The fourth-order valence-corrected chi connectivity index (χ4v) is 4.10. The minimum Gasteiger partial charge on any atom is -0.361 e. The number of H-pyrrole nitrogens is 1. The third-order valence-corrected chi connectivity index (χ3v) is 5.52. The number of aromatic nitrogens is 3. The van der Waals surface area contributed by atoms with Crippen LogP contribution in [0.15, 0.2) is 36.7 Å². The maximum Gasteiger partial charge on any atom is 0.254 e. The molecule has 0 spiro atoms. The van der Waals surface area contributed by atoms with Gasteiger partial charge in [0, 0.05) is 48.5 Å². The van der Waals surface area contributed by atoms with Crippen LogP contribution in [0.1, 0.15) is 34.7 Å². The molecule has 134 valence electrons. The molecule has 0 atom stereocenters. The second-order valence-corrected chi connectivity index (χ2v) is 7.33. The molecule has 4 heterocycles. The Bertz CT molecular complexity index is 950. The zero-order valence-corrected chi connectivity index (χ0v) is 14.8. The molecule has 1 N–H and O–H groups in total. The van der Waals surface area contributed by atoms with Gasteiger partial charge in [-0.2, -0.15) is 0 Å². The molecule has 1 fully saturated rings. The molecular formula is C20H23N5O. The van der Waals surface area contributed by atoms with Crippen LogP contribution in [0.25, 0.3) is 10.9 Å². The Hall–Kier alpha value is -2.60. The maximum absolute atomic E-state index is 12.9. The summed E-state index contributed by atoms with van der Waals surface area (Å²) in [6.07, 6.45) is 6.66. The lowest BCUT2D eigenvalue weighted by Crippen LogP contribution is -2.38. The molecule has 0 aliphatic carbocycles. The summed E-state index contributed by atoms with van der Waals surface area (Å²) in [6, 6.07) is 7.84. The Morgan fingerprint density at radius 3 is 2.88 bits per heavy atom. The first kappa shape index (κ1) is 15.6. The molecule has 2 aliphatic rings. The third kappa shape index (κ3) is 2.80. The van der Waals surface area contributed by atoms with Crippen LogP contribution in [0.3, 0.4) is 0 Å². The SMILES string of the molecule is O=C(c1ccc2[nH]ccc2c1)N1CCn2cc(CN3CCCC3)nc2C1. The van der Waals surface area contributed by atoms with Crippen LogP contribution in [0.2, 0.25) is 0 Å². The van der Waals surface area contributed by atoms with E-state index in [4.69, 9.17) is 4.98 Å². The molecule has 0 bridgehead atoms. The van der Waals surface area contributed by atoms with Gasteiger partial charge in [0.25, 0.3) is 5.91 Å². The number of hydrogen-bond donors (Lipinski definition) is 1. The number of benzene rings is 1. The van der Waals surface area contributed by atoms with Crippen LogP contribution in [0, 0.1) is 0 Å². The lowest BCUT2D eigenvalue weighted by Gasteiger charge is -2.27. The lowest BCUT2D eigenvalue weighted by molar-refractivity contribution is 0.0707. The van der Waals surface area contributed by atoms with E-state index in [0.717, 1.165) is 47.6 Å². The van der Waals surface area contributed by atoms with Crippen molar-refractivity contribution in [3.8, 4) is 0 Å². The number of amides is 1. The zero-order chi connectivity index (χ0) is 17.5. The highest BCUT2D eigenvalue weighted by Crippen LogP contribution is 2.20. The first-order valence-corrected chi connectivity index (χ1v) is 9.40. The molecule has 1 amide bonds. The van der Waals surface area contributed by atoms with Gasteiger partial charge in [-0.1, -0.05) is 0 Å². The molecule has 1 aromatic carbocycles. The number of carbonyl (C=O) groups excluding carboxylic acids is 1. The Balaban J connectivity index is 1.32. The minimum absolute atomic E-state index is 0.0865. The fourth-order valence-electron chi connectivity index (χ4n) is 4.10. The van der Waals surface area contributed by atoms with Crippen LogP contribution in [-0.2, 0) is 19.6 Å². The van der Waals surface area contributed by atoms with Crippen molar-refractivity contribution < 1.29 is 4.79 Å². The number of likely N-dealkylation sites (tertiary alicyclic amines) is 1. The molecule has 6 nitrogen and oxygen atoms in total. The van der Waals surface area contributed by atoms with Gasteiger partial charge in [-0.15, -0.1) is 0 Å². The van der Waals surface area contributed by atoms with Gasteiger partial charge in [-0.05, 0) is 50.2 Å². The van der Waals surface area contributed by atoms with Gasteiger partial charge in [-0.3, -0.25) is 9.69 Å². The van der Waals surface area contributed by atoms with Crippen LogP contribution < -0.4 is 0 Å². The highest BCUT2D eigenvalue weighted by atomic mass is 16.2. The molecule has 5 rings (SSSR count). The van der Waals surface area contributed by atoms with E-state index in [0.29, 0.717) is 6.54 Å². The Labute approximate surface area is 152 Å². The van der Waals surface area contributed by atoms with Gasteiger partial charge in [0.05, 0.1) is 12.2 Å². The molecule has 3 aromatic rings. The van der Waals surface area contributed by atoms with Crippen molar-refractivity contribution in [3.05, 3.63) is 53.7 Å². The first-order valence-electron chi connectivity index (χ1n) is 9.40. The molecule has 2 aliphatic heterocycles. The summed E-state index contributed by atoms with van der Waals surface area (Å²) < 4.78 is 2.21. The smallest absolute Gasteiger partial charge is 0.254 e. The van der Waals surface area contributed by atoms with Gasteiger partial charge in [0.2, 0.25) is 0 Å². The number of imidazole rings is 1. The predicted molar refractivity (Wildman–Crippen MR) is 99.8 cm³/mol. The zero-order valence-electron chi connectivity index (χ0n) is 14.8. The summed E-state index contributed by atoms with van der Waals surface area (Å²) in [6.45, 7) is 5.42. The van der Waals surface area contributed by atoms with E-state index in [1.54, 1.807) is 0 Å².